The Morgan fingerprint density at radius 3 is 2.42 bits per heavy atom. The number of phenolic OH excluding ortho intramolecular Hbond substituents is 3. The summed E-state index contributed by atoms with van der Waals surface area (Å²) in [5, 5.41) is 28.9. The summed E-state index contributed by atoms with van der Waals surface area (Å²) in [6.45, 7) is 0. The topological polar surface area (TPSA) is 89.8 Å². The van der Waals surface area contributed by atoms with Gasteiger partial charge in [-0.25, -0.2) is 0 Å². The molecule has 0 atom stereocenters. The van der Waals surface area contributed by atoms with Crippen LogP contribution in [0.3, 0.4) is 0 Å². The second-order valence-corrected chi connectivity index (χ2v) is 2.06. The van der Waals surface area contributed by atoms with Gasteiger partial charge in [-0.3, -0.25) is 4.79 Å². The summed E-state index contributed by atoms with van der Waals surface area (Å²) in [5.74, 6) is -1.71. The van der Waals surface area contributed by atoms with Crippen molar-refractivity contribution >= 4 is 12.1 Å². The third-order valence-electron chi connectivity index (χ3n) is 1.32. The highest BCUT2D eigenvalue weighted by Crippen LogP contribution is 2.39. The Morgan fingerprint density at radius 1 is 1.17 bits per heavy atom. The number of hydrogen-bond donors (Lipinski definition) is 4. The van der Waals surface area contributed by atoms with E-state index in [-0.39, 0.29) is 5.69 Å². The van der Waals surface area contributed by atoms with E-state index in [4.69, 9.17) is 15.3 Å². The fraction of sp³-hybridized carbons (Fsp3) is 0. The molecule has 1 amide bonds. The molecule has 1 aromatic rings. The van der Waals surface area contributed by atoms with Crippen LogP contribution in [0.25, 0.3) is 0 Å². The van der Waals surface area contributed by atoms with Crippen LogP contribution in [0.4, 0.5) is 5.69 Å². The number of rotatable bonds is 2. The van der Waals surface area contributed by atoms with Gasteiger partial charge in [-0.05, 0) is 12.1 Å². The molecular formula is C7H6NO4. The molecule has 0 saturated heterocycles. The third-order valence-corrected chi connectivity index (χ3v) is 1.32. The lowest BCUT2D eigenvalue weighted by Gasteiger charge is -2.04. The van der Waals surface area contributed by atoms with E-state index >= 15 is 0 Å². The minimum Gasteiger partial charge on any atom is -0.504 e. The summed E-state index contributed by atoms with van der Waals surface area (Å²) in [6, 6.07) is 2.37. The second kappa shape index (κ2) is 3.00. The summed E-state index contributed by atoms with van der Waals surface area (Å²) in [7, 11) is 0. The molecule has 0 fully saturated rings. The van der Waals surface area contributed by atoms with E-state index in [1.807, 2.05) is 5.32 Å². The highest BCUT2D eigenvalue weighted by Gasteiger charge is 2.09. The van der Waals surface area contributed by atoms with E-state index in [9.17, 15) is 4.79 Å². The van der Waals surface area contributed by atoms with Crippen LogP contribution in [0.2, 0.25) is 0 Å². The molecule has 5 nitrogen and oxygen atoms in total. The predicted octanol–water partition coefficient (Wildman–Crippen LogP) is 0.282. The Kier molecular flexibility index (Phi) is 2.05. The van der Waals surface area contributed by atoms with Gasteiger partial charge in [0.2, 0.25) is 5.75 Å². The Bertz CT molecular complexity index is 311. The van der Waals surface area contributed by atoms with E-state index in [0.717, 1.165) is 6.07 Å². The molecule has 63 valence electrons. The van der Waals surface area contributed by atoms with Gasteiger partial charge < -0.3 is 20.6 Å². The van der Waals surface area contributed by atoms with Crippen molar-refractivity contribution in [1.29, 1.82) is 0 Å². The Labute approximate surface area is 67.9 Å². The van der Waals surface area contributed by atoms with Crippen molar-refractivity contribution in [3.8, 4) is 17.2 Å². The Balaban J connectivity index is 3.16. The molecular weight excluding hydrogens is 162 g/mol. The van der Waals surface area contributed by atoms with E-state index in [2.05, 4.69) is 0 Å². The summed E-state index contributed by atoms with van der Waals surface area (Å²) in [6.07, 6.45) is 1.32. The van der Waals surface area contributed by atoms with Gasteiger partial charge in [0.05, 0.1) is 5.69 Å². The zero-order chi connectivity index (χ0) is 9.14. The van der Waals surface area contributed by atoms with Gasteiger partial charge in [0, 0.05) is 0 Å². The van der Waals surface area contributed by atoms with Crippen molar-refractivity contribution in [2.45, 2.75) is 0 Å². The monoisotopic (exact) mass is 168 g/mol. The van der Waals surface area contributed by atoms with E-state index < -0.39 is 17.2 Å². The largest absolute Gasteiger partial charge is 0.504 e. The van der Waals surface area contributed by atoms with Crippen LogP contribution in [-0.4, -0.2) is 21.7 Å². The van der Waals surface area contributed by atoms with Crippen LogP contribution in [0.5, 0.6) is 17.2 Å². The smallest absolute Gasteiger partial charge is 0.314 e. The molecule has 0 heterocycles. The molecule has 1 aromatic carbocycles. The van der Waals surface area contributed by atoms with Gasteiger partial charge in [-0.2, -0.15) is 0 Å². The average molecular weight is 168 g/mol. The van der Waals surface area contributed by atoms with Crippen molar-refractivity contribution < 1.29 is 20.1 Å². The standard InChI is InChI=1S/C7H6NO4/c9-3-8-4-1-2-5(10)7(12)6(4)11/h1-2,10-12H,(H,8,9). The summed E-state index contributed by atoms with van der Waals surface area (Å²) in [5.41, 5.74) is -0.0136. The number of carbonyl (C=O) groups excluding carboxylic acids is 1. The highest BCUT2D eigenvalue weighted by atomic mass is 16.3. The van der Waals surface area contributed by atoms with Crippen molar-refractivity contribution in [3.63, 3.8) is 0 Å². The Hall–Kier alpha value is -1.91. The van der Waals surface area contributed by atoms with Gasteiger partial charge in [0.1, 0.15) is 0 Å². The summed E-state index contributed by atoms with van der Waals surface area (Å²) in [4.78, 5) is 9.83. The number of benzene rings is 1. The first-order chi connectivity index (χ1) is 5.66. The summed E-state index contributed by atoms with van der Waals surface area (Å²) >= 11 is 0. The average Bonchev–Trinajstić information content (AvgIpc) is 2.07. The van der Waals surface area contributed by atoms with Crippen LogP contribution >= 0.6 is 0 Å². The molecule has 0 aliphatic rings. The van der Waals surface area contributed by atoms with Crippen LogP contribution in [0, 0.1) is 0 Å². The molecule has 4 N–H and O–H groups in total. The maximum absolute atomic E-state index is 9.83. The molecule has 0 spiro atoms. The van der Waals surface area contributed by atoms with Crippen molar-refractivity contribution in [2.75, 3.05) is 5.32 Å². The molecule has 1 radical (unpaired) electrons. The van der Waals surface area contributed by atoms with Gasteiger partial charge in [-0.15, -0.1) is 0 Å². The lowest BCUT2D eigenvalue weighted by Crippen LogP contribution is -1.93. The summed E-state index contributed by atoms with van der Waals surface area (Å²) < 4.78 is 0. The van der Waals surface area contributed by atoms with Crippen molar-refractivity contribution in [3.05, 3.63) is 12.1 Å². The molecule has 0 aliphatic carbocycles. The zero-order valence-corrected chi connectivity index (χ0v) is 5.90. The number of phenols is 3. The van der Waals surface area contributed by atoms with E-state index in [0.29, 0.717) is 0 Å². The normalized spacial score (nSPS) is 9.33. The minimum absolute atomic E-state index is 0.0136. The molecule has 0 aromatic heterocycles. The second-order valence-electron chi connectivity index (χ2n) is 2.06. The number of hydrogen-bond acceptors (Lipinski definition) is 4. The number of nitrogens with one attached hydrogen (secondary N) is 1. The molecule has 0 bridgehead atoms. The van der Waals surface area contributed by atoms with E-state index in [1.54, 1.807) is 0 Å². The number of aromatic hydroxyl groups is 3. The molecule has 5 heteroatoms. The lowest BCUT2D eigenvalue weighted by atomic mass is 10.2. The van der Waals surface area contributed by atoms with Crippen LogP contribution in [-0.2, 0) is 4.79 Å². The Morgan fingerprint density at radius 2 is 1.83 bits per heavy atom. The quantitative estimate of drug-likeness (QED) is 0.290. The predicted molar refractivity (Wildman–Crippen MR) is 40.8 cm³/mol. The molecule has 1 rings (SSSR count). The van der Waals surface area contributed by atoms with Gasteiger partial charge in [-0.1, -0.05) is 0 Å². The van der Waals surface area contributed by atoms with E-state index in [1.165, 1.54) is 12.5 Å². The van der Waals surface area contributed by atoms with Crippen LogP contribution < -0.4 is 5.32 Å². The van der Waals surface area contributed by atoms with Gasteiger partial charge >= 0.3 is 6.41 Å². The highest BCUT2D eigenvalue weighted by molar-refractivity contribution is 5.78. The number of anilines is 1. The first kappa shape index (κ1) is 8.19. The third kappa shape index (κ3) is 1.24. The van der Waals surface area contributed by atoms with Crippen LogP contribution in [0.15, 0.2) is 12.1 Å². The molecule has 0 saturated carbocycles. The maximum Gasteiger partial charge on any atom is 0.314 e. The molecule has 12 heavy (non-hydrogen) atoms. The first-order valence-corrected chi connectivity index (χ1v) is 3.04. The lowest BCUT2D eigenvalue weighted by molar-refractivity contribution is 0.369. The van der Waals surface area contributed by atoms with Gasteiger partial charge in [0.25, 0.3) is 0 Å². The zero-order valence-electron chi connectivity index (χ0n) is 5.90. The van der Waals surface area contributed by atoms with Crippen LogP contribution in [0.1, 0.15) is 0 Å². The van der Waals surface area contributed by atoms with Crippen molar-refractivity contribution in [1.82, 2.24) is 0 Å². The SMILES string of the molecule is O=[C]Nc1ccc(O)c(O)c1O. The maximum atomic E-state index is 9.83. The minimum atomic E-state index is -0.671. The molecule has 0 aliphatic heterocycles. The first-order valence-electron chi connectivity index (χ1n) is 3.04. The fourth-order valence-corrected chi connectivity index (χ4v) is 0.725. The molecule has 0 unspecified atom stereocenters. The fourth-order valence-electron chi connectivity index (χ4n) is 0.725. The van der Waals surface area contributed by atoms with Gasteiger partial charge in [0.15, 0.2) is 11.5 Å². The van der Waals surface area contributed by atoms with Crippen molar-refractivity contribution in [2.24, 2.45) is 0 Å². The number of amides is 1.